The van der Waals surface area contributed by atoms with Crippen LogP contribution in [0.25, 0.3) is 11.2 Å². The number of nitrogens with one attached hydrogen (secondary N) is 1. The Labute approximate surface area is 104 Å². The number of aromatic nitrogens is 4. The molecule has 0 aliphatic heterocycles. The van der Waals surface area contributed by atoms with Gasteiger partial charge in [-0.25, -0.2) is 9.78 Å². The van der Waals surface area contributed by atoms with Crippen LogP contribution in [0.2, 0.25) is 0 Å². The molecule has 98 valence electrons. The first kappa shape index (κ1) is 12.6. The van der Waals surface area contributed by atoms with Crippen molar-refractivity contribution in [3.63, 3.8) is 0 Å². The Balaban J connectivity index is 2.34. The molecular formula is C11H17N5O2. The van der Waals surface area contributed by atoms with Gasteiger partial charge < -0.3 is 15.0 Å². The Bertz CT molecular complexity index is 601. The number of aliphatic hydroxyl groups is 1. The number of rotatable bonds is 5. The minimum atomic E-state index is -0.328. The summed E-state index contributed by atoms with van der Waals surface area (Å²) < 4.78 is 3.25. The molecule has 2 aromatic rings. The fourth-order valence-electron chi connectivity index (χ4n) is 1.82. The number of fused-ring (bicyclic) bond motifs is 1. The van der Waals surface area contributed by atoms with Crippen molar-refractivity contribution in [1.82, 2.24) is 19.1 Å². The van der Waals surface area contributed by atoms with Crippen molar-refractivity contribution in [3.05, 3.63) is 16.8 Å². The Morgan fingerprint density at radius 2 is 2.17 bits per heavy atom. The summed E-state index contributed by atoms with van der Waals surface area (Å²) in [5.41, 5.74) is 1.09. The fourth-order valence-corrected chi connectivity index (χ4v) is 1.82. The third kappa shape index (κ3) is 2.21. The summed E-state index contributed by atoms with van der Waals surface area (Å²) in [6.45, 7) is 0.841. The van der Waals surface area contributed by atoms with E-state index in [-0.39, 0.29) is 12.3 Å². The lowest BCUT2D eigenvalue weighted by atomic mass is 10.3. The summed E-state index contributed by atoms with van der Waals surface area (Å²) in [5, 5.41) is 11.8. The highest BCUT2D eigenvalue weighted by molar-refractivity contribution is 5.83. The van der Waals surface area contributed by atoms with E-state index in [4.69, 9.17) is 5.11 Å². The van der Waals surface area contributed by atoms with E-state index in [2.05, 4.69) is 15.3 Å². The number of imidazole rings is 1. The molecule has 0 aliphatic rings. The van der Waals surface area contributed by atoms with E-state index in [0.717, 1.165) is 18.4 Å². The van der Waals surface area contributed by atoms with Gasteiger partial charge in [0.05, 0.1) is 6.33 Å². The van der Waals surface area contributed by atoms with E-state index in [9.17, 15) is 4.79 Å². The van der Waals surface area contributed by atoms with Gasteiger partial charge in [-0.15, -0.1) is 0 Å². The Morgan fingerprint density at radius 3 is 2.89 bits per heavy atom. The van der Waals surface area contributed by atoms with Crippen LogP contribution in [0.4, 0.5) is 5.82 Å². The standard InChI is InChI=1S/C11H17N5O2/c1-15-7-13-10-8(15)9(12-5-3-4-6-17)14-11(18)16(10)2/h7,17H,3-6H2,1-2H3,(H,12,14,18). The monoisotopic (exact) mass is 251 g/mol. The maximum Gasteiger partial charge on any atom is 0.351 e. The van der Waals surface area contributed by atoms with Gasteiger partial charge in [0.1, 0.15) is 5.52 Å². The minimum absolute atomic E-state index is 0.173. The van der Waals surface area contributed by atoms with Crippen molar-refractivity contribution in [2.24, 2.45) is 14.1 Å². The average molecular weight is 251 g/mol. The molecule has 0 bridgehead atoms. The highest BCUT2D eigenvalue weighted by Crippen LogP contribution is 2.16. The predicted octanol–water partition coefficient (Wildman–Crippen LogP) is -0.149. The minimum Gasteiger partial charge on any atom is -0.396 e. The fraction of sp³-hybridized carbons (Fsp3) is 0.545. The van der Waals surface area contributed by atoms with Crippen LogP contribution in [0, 0.1) is 0 Å². The van der Waals surface area contributed by atoms with Crippen LogP contribution < -0.4 is 11.0 Å². The van der Waals surface area contributed by atoms with Gasteiger partial charge in [-0.1, -0.05) is 0 Å². The molecule has 2 heterocycles. The van der Waals surface area contributed by atoms with Crippen LogP contribution in [-0.2, 0) is 14.1 Å². The van der Waals surface area contributed by atoms with Gasteiger partial charge in [-0.05, 0) is 12.8 Å². The molecule has 0 atom stereocenters. The molecule has 2 aromatic heterocycles. The number of aliphatic hydroxyl groups excluding tert-OH is 1. The van der Waals surface area contributed by atoms with Crippen molar-refractivity contribution in [2.75, 3.05) is 18.5 Å². The topological polar surface area (TPSA) is 85.0 Å². The van der Waals surface area contributed by atoms with Crippen LogP contribution in [0.15, 0.2) is 11.1 Å². The third-order valence-electron chi connectivity index (χ3n) is 2.83. The first-order chi connectivity index (χ1) is 8.65. The molecule has 0 spiro atoms. The van der Waals surface area contributed by atoms with Gasteiger partial charge >= 0.3 is 5.69 Å². The van der Waals surface area contributed by atoms with E-state index in [1.54, 1.807) is 13.4 Å². The molecule has 0 aliphatic carbocycles. The molecule has 2 rings (SSSR count). The lowest BCUT2D eigenvalue weighted by Gasteiger charge is -2.08. The quantitative estimate of drug-likeness (QED) is 0.722. The normalized spacial score (nSPS) is 11.1. The molecule has 2 N–H and O–H groups in total. The highest BCUT2D eigenvalue weighted by Gasteiger charge is 2.12. The average Bonchev–Trinajstić information content (AvgIpc) is 2.73. The summed E-state index contributed by atoms with van der Waals surface area (Å²) in [6, 6.07) is 0. The number of hydrogen-bond acceptors (Lipinski definition) is 5. The van der Waals surface area contributed by atoms with E-state index in [1.807, 2.05) is 11.6 Å². The summed E-state index contributed by atoms with van der Waals surface area (Å²) in [6.07, 6.45) is 3.21. The van der Waals surface area contributed by atoms with E-state index >= 15 is 0 Å². The largest absolute Gasteiger partial charge is 0.396 e. The van der Waals surface area contributed by atoms with Crippen LogP contribution in [0.3, 0.4) is 0 Å². The highest BCUT2D eigenvalue weighted by atomic mass is 16.2. The van der Waals surface area contributed by atoms with Crippen LogP contribution in [0.5, 0.6) is 0 Å². The first-order valence-electron chi connectivity index (χ1n) is 5.88. The second-order valence-electron chi connectivity index (χ2n) is 4.19. The van der Waals surface area contributed by atoms with E-state index in [0.29, 0.717) is 18.0 Å². The Hall–Kier alpha value is -1.89. The van der Waals surface area contributed by atoms with Gasteiger partial charge in [-0.2, -0.15) is 4.98 Å². The Morgan fingerprint density at radius 1 is 1.39 bits per heavy atom. The third-order valence-corrected chi connectivity index (χ3v) is 2.83. The zero-order valence-electron chi connectivity index (χ0n) is 10.6. The van der Waals surface area contributed by atoms with E-state index < -0.39 is 0 Å². The van der Waals surface area contributed by atoms with Crippen molar-refractivity contribution < 1.29 is 5.11 Å². The van der Waals surface area contributed by atoms with E-state index in [1.165, 1.54) is 4.57 Å². The predicted molar refractivity (Wildman–Crippen MR) is 68.6 cm³/mol. The van der Waals surface area contributed by atoms with Crippen molar-refractivity contribution in [2.45, 2.75) is 12.8 Å². The summed E-state index contributed by atoms with van der Waals surface area (Å²) in [7, 11) is 3.51. The first-order valence-corrected chi connectivity index (χ1v) is 5.88. The maximum absolute atomic E-state index is 11.7. The maximum atomic E-state index is 11.7. The lowest BCUT2D eigenvalue weighted by Crippen LogP contribution is -2.23. The molecule has 7 heteroatoms. The number of unbranched alkanes of at least 4 members (excludes halogenated alkanes) is 1. The van der Waals surface area contributed by atoms with Crippen LogP contribution in [-0.4, -0.2) is 37.4 Å². The number of hydrogen-bond donors (Lipinski definition) is 2. The molecule has 7 nitrogen and oxygen atoms in total. The van der Waals surface area contributed by atoms with Gasteiger partial charge in [0.25, 0.3) is 0 Å². The molecular weight excluding hydrogens is 234 g/mol. The van der Waals surface area contributed by atoms with Crippen molar-refractivity contribution >= 4 is 17.0 Å². The molecule has 0 radical (unpaired) electrons. The zero-order valence-corrected chi connectivity index (χ0v) is 10.6. The van der Waals surface area contributed by atoms with Crippen LogP contribution in [0.1, 0.15) is 12.8 Å². The molecule has 0 unspecified atom stereocenters. The number of anilines is 1. The summed E-state index contributed by atoms with van der Waals surface area (Å²) >= 11 is 0. The SMILES string of the molecule is Cn1cnc2c1c(NCCCCO)nc(=O)n2C. The molecule has 0 aromatic carbocycles. The summed E-state index contributed by atoms with van der Waals surface area (Å²) in [4.78, 5) is 19.9. The van der Waals surface area contributed by atoms with Crippen molar-refractivity contribution in [3.8, 4) is 0 Å². The Kier molecular flexibility index (Phi) is 3.61. The van der Waals surface area contributed by atoms with Gasteiger partial charge in [0, 0.05) is 27.2 Å². The van der Waals surface area contributed by atoms with Gasteiger partial charge in [-0.3, -0.25) is 4.57 Å². The molecule has 0 saturated carbocycles. The second-order valence-corrected chi connectivity index (χ2v) is 4.19. The lowest BCUT2D eigenvalue weighted by molar-refractivity contribution is 0.286. The molecule has 0 saturated heterocycles. The number of aryl methyl sites for hydroxylation is 2. The van der Waals surface area contributed by atoms with Crippen LogP contribution >= 0.6 is 0 Å². The molecule has 0 amide bonds. The van der Waals surface area contributed by atoms with Crippen molar-refractivity contribution in [1.29, 1.82) is 0 Å². The van der Waals surface area contributed by atoms with Gasteiger partial charge in [0.15, 0.2) is 11.5 Å². The number of nitrogens with zero attached hydrogens (tertiary/aromatic N) is 4. The summed E-state index contributed by atoms with van der Waals surface area (Å²) in [5.74, 6) is 0.547. The molecule has 0 fully saturated rings. The second kappa shape index (κ2) is 5.18. The van der Waals surface area contributed by atoms with Gasteiger partial charge in [0.2, 0.25) is 0 Å². The molecule has 18 heavy (non-hydrogen) atoms. The smallest absolute Gasteiger partial charge is 0.351 e. The zero-order chi connectivity index (χ0) is 13.1.